The number of carboxylic acids is 2. The van der Waals surface area contributed by atoms with Crippen LogP contribution in [0.1, 0.15) is 128 Å². The number of aliphatic hydroxyl groups excluding tert-OH is 3. The number of ether oxygens (including phenoxy) is 1. The van der Waals surface area contributed by atoms with Crippen molar-refractivity contribution in [2.24, 2.45) is 23.7 Å². The quantitative estimate of drug-likeness (QED) is 0.0547. The van der Waals surface area contributed by atoms with Gasteiger partial charge in [0.1, 0.15) is 0 Å². The molecule has 8 nitrogen and oxygen atoms in total. The number of methoxy groups -OCH3 is 1. The summed E-state index contributed by atoms with van der Waals surface area (Å²) in [5, 5.41) is 48.4. The van der Waals surface area contributed by atoms with Gasteiger partial charge in [0.15, 0.2) is 0 Å². The Kier molecular flexibility index (Phi) is 23.7. The summed E-state index contributed by atoms with van der Waals surface area (Å²) >= 11 is 10.8. The van der Waals surface area contributed by atoms with Gasteiger partial charge in [0.2, 0.25) is 0 Å². The molecular weight excluding hydrogens is 916 g/mol. The van der Waals surface area contributed by atoms with Crippen molar-refractivity contribution in [2.45, 2.75) is 154 Å². The van der Waals surface area contributed by atoms with Crippen molar-refractivity contribution < 1.29 is 39.9 Å². The average molecular weight is 985 g/mol. The Hall–Kier alpha value is -1.90. The molecule has 2 saturated carbocycles. The Morgan fingerprint density at radius 2 is 1.37 bits per heavy atom. The van der Waals surface area contributed by atoms with Crippen LogP contribution in [0.4, 0.5) is 0 Å². The van der Waals surface area contributed by atoms with Crippen molar-refractivity contribution >= 4 is 66.5 Å². The maximum atomic E-state index is 10.6. The summed E-state index contributed by atoms with van der Waals surface area (Å²) in [6.07, 6.45) is 26.6. The van der Waals surface area contributed by atoms with Gasteiger partial charge in [-0.2, -0.15) is 0 Å². The zero-order valence-electron chi connectivity index (χ0n) is 35.5. The molecule has 5 N–H and O–H groups in total. The molecule has 0 amide bonds. The molecule has 0 aromatic carbocycles. The molecule has 0 spiro atoms. The van der Waals surface area contributed by atoms with Crippen molar-refractivity contribution in [3.63, 3.8) is 0 Å². The number of thiophene rings is 2. The van der Waals surface area contributed by atoms with E-state index in [0.29, 0.717) is 31.1 Å². The van der Waals surface area contributed by atoms with E-state index in [0.717, 1.165) is 64.2 Å². The smallest absolute Gasteiger partial charge is 0.303 e. The fraction of sp³-hybridized carbons (Fsp3) is 0.617. The molecule has 2 aromatic rings. The summed E-state index contributed by atoms with van der Waals surface area (Å²) in [5.74, 6) is -0.0459. The maximum Gasteiger partial charge on any atom is 0.303 e. The van der Waals surface area contributed by atoms with Gasteiger partial charge in [-0.15, -0.1) is 22.7 Å². The van der Waals surface area contributed by atoms with E-state index in [1.165, 1.54) is 34.0 Å². The second-order valence-electron chi connectivity index (χ2n) is 16.3. The van der Waals surface area contributed by atoms with Gasteiger partial charge >= 0.3 is 11.9 Å². The van der Waals surface area contributed by atoms with Crippen LogP contribution < -0.4 is 0 Å². The molecule has 12 heteroatoms. The number of carbonyl (C=O) groups is 2. The monoisotopic (exact) mass is 982 g/mol. The lowest BCUT2D eigenvalue weighted by Crippen LogP contribution is -2.18. The number of rotatable bonds is 23. The van der Waals surface area contributed by atoms with Crippen molar-refractivity contribution in [1.29, 1.82) is 0 Å². The summed E-state index contributed by atoms with van der Waals surface area (Å²) in [5.41, 5.74) is 1.28. The highest BCUT2D eigenvalue weighted by Gasteiger charge is 2.33. The molecule has 0 bridgehead atoms. The van der Waals surface area contributed by atoms with Crippen LogP contribution in [0.15, 0.2) is 63.6 Å². The van der Waals surface area contributed by atoms with Crippen molar-refractivity contribution in [1.82, 2.24) is 0 Å². The van der Waals surface area contributed by atoms with E-state index in [-0.39, 0.29) is 48.9 Å². The molecule has 2 fully saturated rings. The van der Waals surface area contributed by atoms with E-state index in [4.69, 9.17) is 14.9 Å². The van der Waals surface area contributed by atoms with E-state index >= 15 is 0 Å². The normalized spacial score (nSPS) is 23.8. The van der Waals surface area contributed by atoms with Crippen LogP contribution in [0.3, 0.4) is 0 Å². The molecule has 59 heavy (non-hydrogen) atoms. The first-order valence-corrected chi connectivity index (χ1v) is 24.5. The largest absolute Gasteiger partial charge is 0.481 e. The van der Waals surface area contributed by atoms with Crippen LogP contribution in [0.25, 0.3) is 0 Å². The molecular formula is C47H68Br2O8S2. The van der Waals surface area contributed by atoms with Crippen LogP contribution in [-0.2, 0) is 20.7 Å². The Balaban J connectivity index is 0.000000316. The Morgan fingerprint density at radius 1 is 0.831 bits per heavy atom. The first kappa shape index (κ1) is 51.5. The Morgan fingerprint density at radius 3 is 1.83 bits per heavy atom. The number of aryl methyl sites for hydroxylation is 3. The molecule has 3 unspecified atom stereocenters. The highest BCUT2D eigenvalue weighted by Crippen LogP contribution is 2.39. The highest BCUT2D eigenvalue weighted by atomic mass is 79.9. The first-order chi connectivity index (χ1) is 28.1. The van der Waals surface area contributed by atoms with Crippen molar-refractivity contribution in [3.8, 4) is 0 Å². The number of hydrogen-bond acceptors (Lipinski definition) is 8. The lowest BCUT2D eigenvalue weighted by molar-refractivity contribution is -0.138. The molecule has 9 atom stereocenters. The number of aliphatic carboxylic acids is 2. The summed E-state index contributed by atoms with van der Waals surface area (Å²) < 4.78 is 8.09. The van der Waals surface area contributed by atoms with Crippen molar-refractivity contribution in [2.75, 3.05) is 7.11 Å². The zero-order valence-corrected chi connectivity index (χ0v) is 40.3. The number of hydrogen-bond donors (Lipinski definition) is 5. The van der Waals surface area contributed by atoms with Crippen LogP contribution in [0, 0.1) is 44.4 Å². The van der Waals surface area contributed by atoms with Gasteiger partial charge in [0.05, 0.1) is 24.4 Å². The molecule has 0 aliphatic heterocycles. The zero-order chi connectivity index (χ0) is 43.5. The minimum atomic E-state index is -0.759. The van der Waals surface area contributed by atoms with E-state index in [9.17, 15) is 24.9 Å². The number of allylic oxidation sites excluding steroid dienone is 6. The van der Waals surface area contributed by atoms with Crippen LogP contribution in [0.2, 0.25) is 0 Å². The predicted octanol–water partition coefficient (Wildman–Crippen LogP) is 12.0. The van der Waals surface area contributed by atoms with Gasteiger partial charge in [0.25, 0.3) is 0 Å². The number of carboxylic acid groups (broad SMARTS) is 2. The average Bonchev–Trinajstić information content (AvgIpc) is 3.92. The molecule has 4 rings (SSSR count). The molecule has 2 aliphatic rings. The predicted molar refractivity (Wildman–Crippen MR) is 250 cm³/mol. The first-order valence-electron chi connectivity index (χ1n) is 21.3. The molecule has 2 aliphatic carbocycles. The van der Waals surface area contributed by atoms with Crippen LogP contribution >= 0.6 is 54.5 Å². The van der Waals surface area contributed by atoms with E-state index in [1.807, 2.05) is 23.5 Å². The highest BCUT2D eigenvalue weighted by molar-refractivity contribution is 9.11. The van der Waals surface area contributed by atoms with Crippen LogP contribution in [0.5, 0.6) is 0 Å². The minimum absolute atomic E-state index is 0.0612. The van der Waals surface area contributed by atoms with E-state index in [1.54, 1.807) is 18.4 Å². The van der Waals surface area contributed by atoms with Gasteiger partial charge in [0, 0.05) is 48.4 Å². The fourth-order valence-electron chi connectivity index (χ4n) is 8.07. The van der Waals surface area contributed by atoms with Crippen molar-refractivity contribution in [3.05, 3.63) is 88.7 Å². The lowest BCUT2D eigenvalue weighted by Gasteiger charge is -2.20. The molecule has 0 saturated heterocycles. The number of halogens is 2. The maximum absolute atomic E-state index is 10.6. The summed E-state index contributed by atoms with van der Waals surface area (Å²) in [7, 11) is 1.76. The standard InChI is InChI=1S/C24H35BrO4S.C23H33BrO4S/c1-16(23-15-21(25)17(2)30-23)14-19(29-3)12-10-18-11-13-22(26)20(18)8-6-4-5-7-9-24(27)28;1-15-21(29-16(2)23(15)24)14-12-18(25)11-9-17-10-13-20(26)19(17)7-5-3-4-6-8-22(27)28/h4,6,10,12,15-16,18-20,22,26H,5,7-9,11,13-14H2,1-3H3,(H,27,28);3,5,9,11,17-20,25-26H,4,6-8,10,12-14H2,1-2H3,(H,27,28)/b6-4-,12-10+;5-3-,11-9+/t16?,18-,19+,20+,22?;17-,18+,19+,20?/m00/s1. The van der Waals surface area contributed by atoms with Crippen LogP contribution in [-0.4, -0.2) is 69.0 Å². The third kappa shape index (κ3) is 18.2. The molecule has 2 heterocycles. The molecule has 0 radical (unpaired) electrons. The number of unbranched alkanes of at least 4 members (excludes halogenated alkanes) is 2. The van der Waals surface area contributed by atoms with E-state index in [2.05, 4.69) is 102 Å². The molecule has 2 aromatic heterocycles. The minimum Gasteiger partial charge on any atom is -0.481 e. The third-order valence-electron chi connectivity index (χ3n) is 11.8. The van der Waals surface area contributed by atoms with E-state index < -0.39 is 18.0 Å². The van der Waals surface area contributed by atoms with Gasteiger partial charge in [-0.25, -0.2) is 0 Å². The topological polar surface area (TPSA) is 145 Å². The summed E-state index contributed by atoms with van der Waals surface area (Å²) in [4.78, 5) is 26.4. The second-order valence-corrected chi connectivity index (χ2v) is 20.5. The van der Waals surface area contributed by atoms with Gasteiger partial charge < -0.3 is 30.3 Å². The fourth-order valence-corrected chi connectivity index (χ4v) is 11.4. The second kappa shape index (κ2) is 27.2. The lowest BCUT2D eigenvalue weighted by atomic mass is 9.90. The van der Waals surface area contributed by atoms with Gasteiger partial charge in [-0.3, -0.25) is 9.59 Å². The Bertz CT molecular complexity index is 1680. The summed E-state index contributed by atoms with van der Waals surface area (Å²) in [6.45, 7) is 8.60. The van der Waals surface area contributed by atoms with Gasteiger partial charge in [-0.05, 0) is 177 Å². The molecule has 330 valence electrons. The summed E-state index contributed by atoms with van der Waals surface area (Å²) in [6, 6.07) is 2.22. The van der Waals surface area contributed by atoms with Gasteiger partial charge in [-0.1, -0.05) is 55.5 Å². The SMILES string of the molecule is CO[C@H](/C=C/[C@H]1CCC(O)[C@@H]1C/C=C\CCCC(=O)O)CC(C)c1cc(Br)c(C)s1.Cc1sc(CC[C@H](O)/C=C/[C@H]2CCC(O)[C@@H]2C/C=C\CCCC(=O)O)c(C)c1Br. The third-order valence-corrected chi connectivity index (χ3v) is 16.8. The Labute approximate surface area is 377 Å². The number of aliphatic hydroxyl groups is 3.